The van der Waals surface area contributed by atoms with Crippen molar-refractivity contribution in [1.82, 2.24) is 0 Å². The number of fused-ring (bicyclic) bond motifs is 2. The van der Waals surface area contributed by atoms with Gasteiger partial charge in [0.25, 0.3) is 0 Å². The van der Waals surface area contributed by atoms with Gasteiger partial charge in [0.15, 0.2) is 10.8 Å². The van der Waals surface area contributed by atoms with Gasteiger partial charge in [-0.05, 0) is 19.8 Å². The highest BCUT2D eigenvalue weighted by Gasteiger charge is 2.79. The van der Waals surface area contributed by atoms with E-state index in [9.17, 15) is 15.8 Å². The molecule has 4 aliphatic rings. The topological polar surface area (TPSA) is 114 Å². The number of rotatable bonds is 1. The van der Waals surface area contributed by atoms with Crippen LogP contribution in [-0.4, -0.2) is 17.8 Å². The number of hydrogen-bond donors (Lipinski definition) is 1. The molecule has 1 spiro atoms. The maximum Gasteiger partial charge on any atom is 0.218 e. The molecule has 3 heterocycles. The Labute approximate surface area is 129 Å². The second kappa shape index (κ2) is 4.57. The predicted octanol–water partition coefficient (Wildman–Crippen LogP) is 2.40. The summed E-state index contributed by atoms with van der Waals surface area (Å²) in [6.07, 6.45) is 5.35. The summed E-state index contributed by atoms with van der Waals surface area (Å²) in [5.74, 6) is -1.96. The van der Waals surface area contributed by atoms with Gasteiger partial charge in [-0.15, -0.1) is 0 Å². The highest BCUT2D eigenvalue weighted by Crippen LogP contribution is 2.65. The lowest BCUT2D eigenvalue weighted by atomic mass is 9.49. The second-order valence-electron chi connectivity index (χ2n) is 6.06. The summed E-state index contributed by atoms with van der Waals surface area (Å²) in [5.41, 5.74) is -3.34. The Hall–Kier alpha value is -2.36. The molecule has 2 bridgehead atoms. The molecule has 0 radical (unpaired) electrons. The third-order valence-corrected chi connectivity index (χ3v) is 5.23. The van der Waals surface area contributed by atoms with Gasteiger partial charge >= 0.3 is 0 Å². The molecule has 0 aromatic heterocycles. The lowest BCUT2D eigenvalue weighted by Crippen LogP contribution is -2.75. The van der Waals surface area contributed by atoms with E-state index in [1.165, 1.54) is 0 Å². The van der Waals surface area contributed by atoms with Crippen LogP contribution in [0.3, 0.4) is 0 Å². The molecule has 3 aliphatic heterocycles. The van der Waals surface area contributed by atoms with Gasteiger partial charge in [-0.3, -0.25) is 5.41 Å². The van der Waals surface area contributed by atoms with E-state index in [2.05, 4.69) is 12.1 Å². The largest absolute Gasteiger partial charge is 0.447 e. The number of hydrogen-bond acceptors (Lipinski definition) is 6. The van der Waals surface area contributed by atoms with Crippen LogP contribution in [0.4, 0.5) is 0 Å². The Kier molecular flexibility index (Phi) is 3.02. The molecule has 22 heavy (non-hydrogen) atoms. The number of nitrogens with one attached hydrogen (secondary N) is 1. The zero-order valence-corrected chi connectivity index (χ0v) is 12.3. The fourth-order valence-electron chi connectivity index (χ4n) is 4.23. The van der Waals surface area contributed by atoms with Crippen LogP contribution >= 0.6 is 0 Å². The Morgan fingerprint density at radius 3 is 2.55 bits per heavy atom. The number of ether oxygens (including phenoxy) is 2. The first kappa shape index (κ1) is 14.6. The van der Waals surface area contributed by atoms with Gasteiger partial charge in [0.1, 0.15) is 6.10 Å². The van der Waals surface area contributed by atoms with Crippen LogP contribution < -0.4 is 0 Å². The molecule has 0 unspecified atom stereocenters. The Morgan fingerprint density at radius 2 is 1.95 bits per heavy atom. The van der Waals surface area contributed by atoms with E-state index in [0.717, 1.165) is 12.8 Å². The van der Waals surface area contributed by atoms with E-state index in [4.69, 9.17) is 14.9 Å². The van der Waals surface area contributed by atoms with Crippen LogP contribution in [0.2, 0.25) is 0 Å². The van der Waals surface area contributed by atoms with Crippen molar-refractivity contribution >= 4 is 5.90 Å². The first-order valence-corrected chi connectivity index (χ1v) is 7.39. The second-order valence-corrected chi connectivity index (χ2v) is 6.06. The zero-order chi connectivity index (χ0) is 16.0. The number of nitrogens with zero attached hydrogens (tertiary/aromatic N) is 3. The lowest BCUT2D eigenvalue weighted by molar-refractivity contribution is -0.347. The highest BCUT2D eigenvalue weighted by atomic mass is 16.7. The minimum Gasteiger partial charge on any atom is -0.447 e. The number of allylic oxidation sites excluding steroid dienone is 1. The first-order chi connectivity index (χ1) is 10.6. The summed E-state index contributed by atoms with van der Waals surface area (Å²) in [6, 6.07) is 6.21. The molecule has 3 saturated heterocycles. The average Bonchev–Trinajstić information content (AvgIpc) is 2.53. The van der Waals surface area contributed by atoms with Crippen molar-refractivity contribution in [3.05, 3.63) is 12.2 Å². The van der Waals surface area contributed by atoms with E-state index in [-0.39, 0.29) is 5.90 Å². The normalized spacial score (nSPS) is 41.8. The maximum absolute atomic E-state index is 9.84. The van der Waals surface area contributed by atoms with E-state index < -0.39 is 28.6 Å². The summed E-state index contributed by atoms with van der Waals surface area (Å²) in [5, 5.41) is 37.8. The standard InChI is InChI=1S/C16H16N4O2/c1-2-5-12-15(10-19)13(20)22-16(21-12)7-4-3-6-11(16)14(15,8-17)9-18/h2,5,11-12,20H,3-4,6-7H2,1H3/b5-2-,20-13?/t11-,12+,15-,16-/m1/s1. The monoisotopic (exact) mass is 296 g/mol. The summed E-state index contributed by atoms with van der Waals surface area (Å²) in [4.78, 5) is 0. The lowest BCUT2D eigenvalue weighted by Gasteiger charge is -2.63. The smallest absolute Gasteiger partial charge is 0.218 e. The van der Waals surface area contributed by atoms with Crippen LogP contribution in [0.15, 0.2) is 12.2 Å². The van der Waals surface area contributed by atoms with Gasteiger partial charge in [0.2, 0.25) is 11.7 Å². The van der Waals surface area contributed by atoms with Gasteiger partial charge in [-0.25, -0.2) is 0 Å². The average molecular weight is 296 g/mol. The molecule has 6 heteroatoms. The van der Waals surface area contributed by atoms with Crippen molar-refractivity contribution in [3.8, 4) is 18.2 Å². The van der Waals surface area contributed by atoms with Crippen molar-refractivity contribution in [1.29, 1.82) is 21.2 Å². The molecule has 0 aromatic carbocycles. The third-order valence-electron chi connectivity index (χ3n) is 5.23. The minimum atomic E-state index is -1.72. The molecule has 4 fully saturated rings. The van der Waals surface area contributed by atoms with Crippen LogP contribution in [0.1, 0.15) is 32.6 Å². The molecule has 1 aliphatic carbocycles. The Bertz CT molecular complexity index is 666. The SMILES string of the molecule is C/C=C\[C@@H]1O[C@@]23CCCC[C@@H]2C(C#N)(C#N)[C@@]1(C#N)C(=N)O3. The van der Waals surface area contributed by atoms with E-state index >= 15 is 0 Å². The molecule has 1 N–H and O–H groups in total. The molecule has 0 amide bonds. The summed E-state index contributed by atoms with van der Waals surface area (Å²) >= 11 is 0. The van der Waals surface area contributed by atoms with Gasteiger partial charge in [0.05, 0.1) is 24.1 Å². The van der Waals surface area contributed by atoms with Crippen LogP contribution in [-0.2, 0) is 9.47 Å². The van der Waals surface area contributed by atoms with E-state index in [0.29, 0.717) is 12.8 Å². The molecular weight excluding hydrogens is 280 g/mol. The molecule has 4 atom stereocenters. The van der Waals surface area contributed by atoms with Crippen LogP contribution in [0.5, 0.6) is 0 Å². The summed E-state index contributed by atoms with van der Waals surface area (Å²) in [6.45, 7) is 1.78. The molecular formula is C16H16N4O2. The van der Waals surface area contributed by atoms with Crippen molar-refractivity contribution in [3.63, 3.8) is 0 Å². The van der Waals surface area contributed by atoms with Crippen molar-refractivity contribution in [2.24, 2.45) is 16.7 Å². The Balaban J connectivity index is 2.32. The number of nitriles is 3. The predicted molar refractivity (Wildman–Crippen MR) is 74.9 cm³/mol. The van der Waals surface area contributed by atoms with Crippen LogP contribution in [0.25, 0.3) is 0 Å². The molecule has 1 saturated carbocycles. The molecule has 6 nitrogen and oxygen atoms in total. The molecule has 4 rings (SSSR count). The van der Waals surface area contributed by atoms with Crippen LogP contribution in [0, 0.1) is 56.2 Å². The zero-order valence-electron chi connectivity index (χ0n) is 12.3. The van der Waals surface area contributed by atoms with Crippen molar-refractivity contribution in [2.75, 3.05) is 0 Å². The third kappa shape index (κ3) is 1.33. The van der Waals surface area contributed by atoms with Crippen molar-refractivity contribution < 1.29 is 9.47 Å². The van der Waals surface area contributed by atoms with E-state index in [1.807, 2.05) is 6.07 Å². The van der Waals surface area contributed by atoms with Gasteiger partial charge < -0.3 is 9.47 Å². The summed E-state index contributed by atoms with van der Waals surface area (Å²) in [7, 11) is 0. The highest BCUT2D eigenvalue weighted by molar-refractivity contribution is 5.89. The molecule has 112 valence electrons. The fraction of sp³-hybridized carbons (Fsp3) is 0.625. The minimum absolute atomic E-state index is 0.314. The van der Waals surface area contributed by atoms with Gasteiger partial charge in [0, 0.05) is 6.42 Å². The van der Waals surface area contributed by atoms with Crippen molar-refractivity contribution in [2.45, 2.75) is 44.5 Å². The van der Waals surface area contributed by atoms with E-state index in [1.54, 1.807) is 19.1 Å². The Morgan fingerprint density at radius 1 is 1.23 bits per heavy atom. The summed E-state index contributed by atoms with van der Waals surface area (Å²) < 4.78 is 11.8. The first-order valence-electron chi connectivity index (χ1n) is 7.39. The molecule has 0 aromatic rings. The van der Waals surface area contributed by atoms with Gasteiger partial charge in [-0.1, -0.05) is 18.6 Å². The van der Waals surface area contributed by atoms with Gasteiger partial charge in [-0.2, -0.15) is 15.8 Å². The fourth-order valence-corrected chi connectivity index (χ4v) is 4.23. The quantitative estimate of drug-likeness (QED) is 0.746. The maximum atomic E-state index is 9.84.